The molecule has 0 aliphatic heterocycles. The van der Waals surface area contributed by atoms with Crippen molar-refractivity contribution < 1.29 is 12.8 Å². The van der Waals surface area contributed by atoms with Gasteiger partial charge in [-0.3, -0.25) is 4.72 Å². The number of benzene rings is 1. The van der Waals surface area contributed by atoms with E-state index in [1.807, 2.05) is 0 Å². The fraction of sp³-hybridized carbons (Fsp3) is 0.400. The highest BCUT2D eigenvalue weighted by molar-refractivity contribution is 7.93. The Morgan fingerprint density at radius 1 is 1.50 bits per heavy atom. The molecule has 6 heteroatoms. The molecule has 0 saturated carbocycles. The van der Waals surface area contributed by atoms with Gasteiger partial charge in [-0.05, 0) is 25.5 Å². The number of para-hydroxylation sites is 1. The maximum Gasteiger partial charge on any atom is 0.236 e. The summed E-state index contributed by atoms with van der Waals surface area (Å²) in [5, 5.41) is -0.758. The van der Waals surface area contributed by atoms with Crippen molar-refractivity contribution >= 4 is 15.7 Å². The lowest BCUT2D eigenvalue weighted by atomic mass is 10.2. The Hall–Kier alpha value is -1.14. The number of rotatable bonds is 4. The third kappa shape index (κ3) is 2.70. The molecule has 1 aromatic carbocycles. The van der Waals surface area contributed by atoms with Crippen molar-refractivity contribution in [1.29, 1.82) is 0 Å². The molecule has 0 spiro atoms. The van der Waals surface area contributed by atoms with Gasteiger partial charge in [-0.2, -0.15) is 0 Å². The first-order valence-corrected chi connectivity index (χ1v) is 6.40. The van der Waals surface area contributed by atoms with Gasteiger partial charge in [0.25, 0.3) is 0 Å². The molecule has 0 aliphatic carbocycles. The van der Waals surface area contributed by atoms with Gasteiger partial charge >= 0.3 is 0 Å². The Kier molecular flexibility index (Phi) is 3.88. The van der Waals surface area contributed by atoms with Crippen LogP contribution < -0.4 is 10.5 Å². The Balaban J connectivity index is 3.06. The zero-order valence-electron chi connectivity index (χ0n) is 9.20. The van der Waals surface area contributed by atoms with Crippen LogP contribution >= 0.6 is 0 Å². The van der Waals surface area contributed by atoms with E-state index in [4.69, 9.17) is 5.73 Å². The second-order valence-electron chi connectivity index (χ2n) is 3.63. The summed E-state index contributed by atoms with van der Waals surface area (Å²) in [7, 11) is -3.62. The van der Waals surface area contributed by atoms with Crippen LogP contribution in [0, 0.1) is 12.7 Å². The zero-order valence-corrected chi connectivity index (χ0v) is 10.0. The van der Waals surface area contributed by atoms with E-state index < -0.39 is 21.1 Å². The van der Waals surface area contributed by atoms with E-state index in [0.29, 0.717) is 5.56 Å². The van der Waals surface area contributed by atoms with Gasteiger partial charge in [0, 0.05) is 6.54 Å². The molecule has 0 amide bonds. The molecule has 0 heterocycles. The Labute approximate surface area is 94.7 Å². The van der Waals surface area contributed by atoms with Crippen LogP contribution in [0.15, 0.2) is 18.2 Å². The molecule has 0 saturated heterocycles. The van der Waals surface area contributed by atoms with E-state index in [1.54, 1.807) is 13.0 Å². The standard InChI is InChI=1S/C10H15FN2O2S/c1-7-4-3-5-9(11)10(7)13-16(14,15)8(2)6-12/h3-5,8,13H,6,12H2,1-2H3. The summed E-state index contributed by atoms with van der Waals surface area (Å²) in [6, 6.07) is 4.36. The summed E-state index contributed by atoms with van der Waals surface area (Å²) in [4.78, 5) is 0. The van der Waals surface area contributed by atoms with E-state index in [1.165, 1.54) is 19.1 Å². The second-order valence-corrected chi connectivity index (χ2v) is 5.72. The molecular formula is C10H15FN2O2S. The van der Waals surface area contributed by atoms with Gasteiger partial charge in [-0.15, -0.1) is 0 Å². The van der Waals surface area contributed by atoms with Crippen molar-refractivity contribution in [2.75, 3.05) is 11.3 Å². The number of nitrogens with two attached hydrogens (primary N) is 1. The molecule has 1 aromatic rings. The number of halogens is 1. The van der Waals surface area contributed by atoms with Crippen LogP contribution in [0.4, 0.5) is 10.1 Å². The lowest BCUT2D eigenvalue weighted by Crippen LogP contribution is -2.32. The van der Waals surface area contributed by atoms with Crippen LogP contribution in [-0.4, -0.2) is 20.2 Å². The maximum absolute atomic E-state index is 13.4. The third-order valence-corrected chi connectivity index (χ3v) is 4.07. The van der Waals surface area contributed by atoms with Crippen LogP contribution in [-0.2, 0) is 10.0 Å². The first-order valence-electron chi connectivity index (χ1n) is 4.85. The topological polar surface area (TPSA) is 72.2 Å². The molecule has 1 atom stereocenters. The van der Waals surface area contributed by atoms with Crippen molar-refractivity contribution in [2.24, 2.45) is 5.73 Å². The summed E-state index contributed by atoms with van der Waals surface area (Å²) < 4.78 is 39.0. The molecular weight excluding hydrogens is 231 g/mol. The number of sulfonamides is 1. The van der Waals surface area contributed by atoms with Crippen LogP contribution in [0.25, 0.3) is 0 Å². The molecule has 0 radical (unpaired) electrons. The fourth-order valence-corrected chi connectivity index (χ4v) is 2.13. The molecule has 1 unspecified atom stereocenters. The van der Waals surface area contributed by atoms with Gasteiger partial charge < -0.3 is 5.73 Å². The minimum atomic E-state index is -3.62. The van der Waals surface area contributed by atoms with Gasteiger partial charge in [-0.25, -0.2) is 12.8 Å². The highest BCUT2D eigenvalue weighted by Crippen LogP contribution is 2.20. The lowest BCUT2D eigenvalue weighted by molar-refractivity contribution is 0.587. The summed E-state index contributed by atoms with van der Waals surface area (Å²) in [5.74, 6) is -0.590. The molecule has 16 heavy (non-hydrogen) atoms. The normalized spacial score (nSPS) is 13.5. The Morgan fingerprint density at radius 3 is 2.62 bits per heavy atom. The zero-order chi connectivity index (χ0) is 12.3. The van der Waals surface area contributed by atoms with E-state index in [2.05, 4.69) is 4.72 Å². The second kappa shape index (κ2) is 4.80. The number of aryl methyl sites for hydroxylation is 1. The average molecular weight is 246 g/mol. The average Bonchev–Trinajstić information content (AvgIpc) is 2.22. The van der Waals surface area contributed by atoms with Crippen molar-refractivity contribution in [3.63, 3.8) is 0 Å². The van der Waals surface area contributed by atoms with E-state index >= 15 is 0 Å². The SMILES string of the molecule is Cc1cccc(F)c1NS(=O)(=O)C(C)CN. The number of anilines is 1. The third-order valence-electron chi connectivity index (χ3n) is 2.33. The minimum absolute atomic E-state index is 0.0111. The largest absolute Gasteiger partial charge is 0.329 e. The fourth-order valence-electron chi connectivity index (χ4n) is 1.13. The van der Waals surface area contributed by atoms with Crippen LogP contribution in [0.3, 0.4) is 0 Å². The predicted molar refractivity (Wildman–Crippen MR) is 62.2 cm³/mol. The Bertz CT molecular complexity index is 453. The molecule has 0 bridgehead atoms. The lowest BCUT2D eigenvalue weighted by Gasteiger charge is -2.14. The van der Waals surface area contributed by atoms with E-state index in [9.17, 15) is 12.8 Å². The molecule has 1 rings (SSSR count). The van der Waals surface area contributed by atoms with Gasteiger partial charge in [0.2, 0.25) is 10.0 Å². The number of nitrogens with one attached hydrogen (secondary N) is 1. The summed E-state index contributed by atoms with van der Waals surface area (Å²) >= 11 is 0. The highest BCUT2D eigenvalue weighted by Gasteiger charge is 2.21. The quantitative estimate of drug-likeness (QED) is 0.839. The van der Waals surface area contributed by atoms with Crippen molar-refractivity contribution in [3.05, 3.63) is 29.6 Å². The van der Waals surface area contributed by atoms with Crippen molar-refractivity contribution in [1.82, 2.24) is 0 Å². The van der Waals surface area contributed by atoms with Gasteiger partial charge in [0.15, 0.2) is 0 Å². The molecule has 3 N–H and O–H groups in total. The first kappa shape index (κ1) is 12.9. The summed E-state index contributed by atoms with van der Waals surface area (Å²) in [6.45, 7) is 3.09. The van der Waals surface area contributed by atoms with Crippen molar-refractivity contribution in [2.45, 2.75) is 19.1 Å². The molecule has 0 aromatic heterocycles. The van der Waals surface area contributed by atoms with Crippen LogP contribution in [0.5, 0.6) is 0 Å². The Morgan fingerprint density at radius 2 is 2.12 bits per heavy atom. The van der Waals surface area contributed by atoms with Crippen LogP contribution in [0.2, 0.25) is 0 Å². The van der Waals surface area contributed by atoms with Gasteiger partial charge in [0.05, 0.1) is 10.9 Å². The molecule has 0 aliphatic rings. The maximum atomic E-state index is 13.4. The first-order chi connectivity index (χ1) is 7.38. The monoisotopic (exact) mass is 246 g/mol. The minimum Gasteiger partial charge on any atom is -0.329 e. The van der Waals surface area contributed by atoms with E-state index in [0.717, 1.165) is 0 Å². The molecule has 4 nitrogen and oxygen atoms in total. The smallest absolute Gasteiger partial charge is 0.236 e. The molecule has 0 fully saturated rings. The van der Waals surface area contributed by atoms with E-state index in [-0.39, 0.29) is 12.2 Å². The van der Waals surface area contributed by atoms with Gasteiger partial charge in [0.1, 0.15) is 5.82 Å². The predicted octanol–water partition coefficient (Wildman–Crippen LogP) is 1.22. The number of hydrogen-bond donors (Lipinski definition) is 2. The highest BCUT2D eigenvalue weighted by atomic mass is 32.2. The summed E-state index contributed by atoms with van der Waals surface area (Å²) in [6.07, 6.45) is 0. The number of hydrogen-bond acceptors (Lipinski definition) is 3. The van der Waals surface area contributed by atoms with Crippen molar-refractivity contribution in [3.8, 4) is 0 Å². The summed E-state index contributed by atoms with van der Waals surface area (Å²) in [5.41, 5.74) is 5.80. The van der Waals surface area contributed by atoms with Crippen LogP contribution in [0.1, 0.15) is 12.5 Å². The molecule has 90 valence electrons. The van der Waals surface area contributed by atoms with Gasteiger partial charge in [-0.1, -0.05) is 12.1 Å².